The molecule has 7 aliphatic rings. The van der Waals surface area contributed by atoms with Gasteiger partial charge >= 0.3 is 368 Å². The molecule has 7 aliphatic carbocycles. The van der Waals surface area contributed by atoms with Gasteiger partial charge in [-0.15, -0.1) is 0 Å². The summed E-state index contributed by atoms with van der Waals surface area (Å²) in [6.07, 6.45) is 44.6. The Morgan fingerprint density at radius 1 is 0.375 bits per heavy atom. The van der Waals surface area contributed by atoms with Gasteiger partial charge in [0.15, 0.2) is 0 Å². The van der Waals surface area contributed by atoms with Crippen molar-refractivity contribution in [1.82, 2.24) is 0 Å². The first-order valence-electron chi connectivity index (χ1n) is 24.3. The minimum atomic E-state index is -3.45. The normalized spacial score (nSPS) is 28.9. The second-order valence-corrected chi connectivity index (χ2v) is 35.9. The number of fused-ring (bicyclic) bond motifs is 1. The van der Waals surface area contributed by atoms with Crippen LogP contribution < -0.4 is 0 Å². The van der Waals surface area contributed by atoms with Gasteiger partial charge in [0.25, 0.3) is 0 Å². The van der Waals surface area contributed by atoms with Gasteiger partial charge in [-0.3, -0.25) is 0 Å². The largest absolute Gasteiger partial charge is 2.00 e. The van der Waals surface area contributed by atoms with Crippen molar-refractivity contribution in [3.63, 3.8) is 0 Å². The molecule has 2 aromatic carbocycles. The molecule has 0 bridgehead atoms. The van der Waals surface area contributed by atoms with Gasteiger partial charge in [0.05, 0.1) is 0 Å². The van der Waals surface area contributed by atoms with E-state index >= 15 is 0 Å². The van der Waals surface area contributed by atoms with E-state index in [2.05, 4.69) is 60.7 Å². The number of rotatable bonds is 9. The molecule has 0 nitrogen and oxygen atoms in total. The fourth-order valence-electron chi connectivity index (χ4n) is 16.6. The zero-order valence-electron chi connectivity index (χ0n) is 35.0. The topological polar surface area (TPSA) is 0 Å². The maximum Gasteiger partial charge on any atom is 2.00 e. The van der Waals surface area contributed by atoms with Crippen molar-refractivity contribution in [2.45, 2.75) is 231 Å². The Balaban J connectivity index is 0.00000441. The van der Waals surface area contributed by atoms with Gasteiger partial charge < -0.3 is 0 Å². The Morgan fingerprint density at radius 2 is 0.661 bits per heavy atom. The first-order valence-corrected chi connectivity index (χ1v) is 31.0. The predicted octanol–water partition coefficient (Wildman–Crippen LogP) is 17.7. The second-order valence-electron chi connectivity index (χ2n) is 20.4. The van der Waals surface area contributed by atoms with Crippen LogP contribution in [0.2, 0.25) is 0 Å². The number of hydrogen-bond acceptors (Lipinski definition) is 0. The van der Waals surface area contributed by atoms with Crippen LogP contribution in [-0.4, -0.2) is 34.0 Å². The van der Waals surface area contributed by atoms with E-state index in [9.17, 15) is 22.5 Å². The first kappa shape index (κ1) is 42.9. The molecule has 0 aliphatic heterocycles. The summed E-state index contributed by atoms with van der Waals surface area (Å²) in [5.41, 5.74) is 10.1. The Bertz CT molecular complexity index is 1470. The molecule has 0 aromatic heterocycles. The van der Waals surface area contributed by atoms with E-state index in [0.29, 0.717) is 34.0 Å². The van der Waals surface area contributed by atoms with Crippen LogP contribution >= 0.6 is 34.4 Å². The van der Waals surface area contributed by atoms with E-state index in [1.54, 1.807) is 11.1 Å². The smallest absolute Gasteiger partial charge is 2.00 e. The molecule has 0 unspecified atom stereocenters. The van der Waals surface area contributed by atoms with Gasteiger partial charge in [-0.2, -0.15) is 0 Å². The predicted molar refractivity (Wildman–Crippen MR) is 248 cm³/mol. The summed E-state index contributed by atoms with van der Waals surface area (Å²) in [5, 5.41) is 0. The second kappa shape index (κ2) is 17.5. The maximum absolute atomic E-state index is 10.4. The third-order valence-electron chi connectivity index (χ3n) is 18.4. The van der Waals surface area contributed by atoms with Crippen LogP contribution in [-0.2, 0) is 24.4 Å². The Hall–Kier alpha value is 0.243. The molecule has 0 spiro atoms. The summed E-state index contributed by atoms with van der Waals surface area (Å²) in [4.78, 5) is -0.222. The minimum absolute atomic E-state index is 0. The van der Waals surface area contributed by atoms with E-state index in [0.717, 1.165) is 0 Å². The van der Waals surface area contributed by atoms with E-state index in [4.69, 9.17) is 0 Å². The summed E-state index contributed by atoms with van der Waals surface area (Å²) in [5.74, 6) is -6.89. The van der Waals surface area contributed by atoms with Crippen LogP contribution in [0.3, 0.4) is 0 Å². The molecular weight excluding hydrogens is 846 g/mol. The zero-order chi connectivity index (χ0) is 37.5. The fraction of sp³-hybridized carbons (Fsp3) is 0.725. The van der Waals surface area contributed by atoms with Gasteiger partial charge in [-0.05, 0) is 0 Å². The van der Waals surface area contributed by atoms with Crippen LogP contribution in [0.4, 0.5) is 0 Å². The average Bonchev–Trinajstić information content (AvgIpc) is 3.66. The molecule has 2 aromatic rings. The van der Waals surface area contributed by atoms with E-state index in [1.807, 2.05) is 0 Å². The summed E-state index contributed by atoms with van der Waals surface area (Å²) >= 11 is 20.9. The van der Waals surface area contributed by atoms with Crippen molar-refractivity contribution >= 4 is 40.0 Å². The molecule has 5 heteroatoms. The molecule has 310 valence electrons. The van der Waals surface area contributed by atoms with Crippen LogP contribution in [0.1, 0.15) is 209 Å². The molecule has 0 saturated heterocycles. The van der Waals surface area contributed by atoms with Crippen LogP contribution in [0.5, 0.6) is 0 Å². The van der Waals surface area contributed by atoms with Crippen molar-refractivity contribution in [1.29, 1.82) is 0 Å². The molecule has 6 fully saturated rings. The number of benzene rings is 2. The van der Waals surface area contributed by atoms with E-state index < -0.39 is 11.9 Å². The minimum Gasteiger partial charge on any atom is 2.00 e. The monoisotopic (exact) mass is 922 g/mol. The summed E-state index contributed by atoms with van der Waals surface area (Å²) < 4.78 is 0. The third kappa shape index (κ3) is 6.14. The molecule has 0 N–H and O–H groups in total. The van der Waals surface area contributed by atoms with Gasteiger partial charge in [0, 0.05) is 0 Å². The van der Waals surface area contributed by atoms with Gasteiger partial charge in [0.1, 0.15) is 0 Å². The van der Waals surface area contributed by atoms with Crippen molar-refractivity contribution in [3.05, 3.63) is 77.4 Å². The van der Waals surface area contributed by atoms with Crippen molar-refractivity contribution < 1.29 is 19.5 Å². The average molecular weight is 923 g/mol. The quantitative estimate of drug-likeness (QED) is 0.174. The fourth-order valence-corrected chi connectivity index (χ4v) is 48.4. The maximum atomic E-state index is 10.4. The molecule has 0 radical (unpaired) electrons. The number of hydrogen-bond donors (Lipinski definition) is 0. The van der Waals surface area contributed by atoms with E-state index in [1.165, 1.54) is 204 Å². The molecule has 0 heterocycles. The number of allylic oxidation sites excluding steroid dienone is 1. The standard InChI is InChI=1S/C51H76Cl2P2.Ru/c52-54(42-26-10-2-11-27-42,43-28-12-3-13-29-43,44-30-14-4-15-31-44)51(40-49(41-24-8-1-9-25-41)48-38-22-23-39-50(48)51)55(53,45-32-16-5-17-33-45,46-34-18-6-19-35-46)47-36-20-7-21-37-47;/h1,8-9,22-25,38-40,42-47H,2-7,10-21,26-37H2;/q;+2. The zero-order valence-corrected chi connectivity index (χ0v) is 40.0. The van der Waals surface area contributed by atoms with Gasteiger partial charge in [-0.1, -0.05) is 0 Å². The Labute approximate surface area is 365 Å². The summed E-state index contributed by atoms with van der Waals surface area (Å²) in [6, 6.07) is 22.0. The Morgan fingerprint density at radius 3 is 0.982 bits per heavy atom. The van der Waals surface area contributed by atoms with E-state index in [-0.39, 0.29) is 24.4 Å². The van der Waals surface area contributed by atoms with Crippen LogP contribution in [0.25, 0.3) is 5.57 Å². The Kier molecular flexibility index (Phi) is 13.4. The van der Waals surface area contributed by atoms with Crippen LogP contribution in [0, 0.1) is 0 Å². The summed E-state index contributed by atoms with van der Waals surface area (Å²) in [6.45, 7) is 0. The number of halogens is 2. The van der Waals surface area contributed by atoms with Gasteiger partial charge in [-0.25, -0.2) is 0 Å². The van der Waals surface area contributed by atoms with Crippen molar-refractivity contribution in [2.75, 3.05) is 0 Å². The van der Waals surface area contributed by atoms with Crippen LogP contribution in [0.15, 0.2) is 60.7 Å². The van der Waals surface area contributed by atoms with Gasteiger partial charge in [0.2, 0.25) is 0 Å². The molecular formula is C51H76Cl2P2Ru+2. The van der Waals surface area contributed by atoms with Crippen molar-refractivity contribution in [3.8, 4) is 0 Å². The van der Waals surface area contributed by atoms with Crippen molar-refractivity contribution in [2.24, 2.45) is 0 Å². The first-order chi connectivity index (χ1) is 27.0. The molecule has 0 atom stereocenters. The molecule has 6 saturated carbocycles. The molecule has 0 amide bonds. The molecule has 56 heavy (non-hydrogen) atoms. The molecule has 9 rings (SSSR count). The SMILES string of the molecule is ClP(C1CCCCC1)(C1CCCCC1)(C1CCCCC1)C1(P(Cl)(C2CCCCC2)(C2CCCCC2)C2CCCCC2)C=C(c2ccccc2)c2ccccc21.[Ru+2]. The third-order valence-corrected chi connectivity index (χ3v) is 44.0. The summed E-state index contributed by atoms with van der Waals surface area (Å²) in [7, 11) is 0.